The molecule has 1 N–H and O–H groups in total. The first kappa shape index (κ1) is 14.8. The summed E-state index contributed by atoms with van der Waals surface area (Å²) in [5.74, 6) is 0.306. The number of nitrogens with one attached hydrogen (secondary N) is 1. The summed E-state index contributed by atoms with van der Waals surface area (Å²) in [4.78, 5) is 16.8. The maximum atomic E-state index is 12.7. The Labute approximate surface area is 133 Å². The van der Waals surface area contributed by atoms with Gasteiger partial charge in [0, 0.05) is 12.6 Å². The van der Waals surface area contributed by atoms with E-state index in [-0.39, 0.29) is 5.91 Å². The van der Waals surface area contributed by atoms with Gasteiger partial charge in [-0.05, 0) is 40.6 Å². The van der Waals surface area contributed by atoms with Crippen LogP contribution < -0.4 is 5.32 Å². The van der Waals surface area contributed by atoms with Crippen molar-refractivity contribution in [2.75, 3.05) is 5.32 Å². The van der Waals surface area contributed by atoms with Crippen molar-refractivity contribution in [3.8, 4) is 0 Å². The van der Waals surface area contributed by atoms with E-state index in [0.29, 0.717) is 12.2 Å². The molecule has 0 aliphatic carbocycles. The predicted molar refractivity (Wildman–Crippen MR) is 84.6 cm³/mol. The number of amides is 1. The maximum absolute atomic E-state index is 12.7. The monoisotopic (exact) mass is 308 g/mol. The number of carbonyl (C=O) groups excluding carboxylic acids is 1. The number of carbonyl (C=O) groups is 1. The average molecular weight is 308 g/mol. The zero-order valence-electron chi connectivity index (χ0n) is 12.6. The Kier molecular flexibility index (Phi) is 4.37. The normalized spacial score (nSPS) is 11.9. The molecule has 0 saturated heterocycles. The SMILES string of the molecule is Cc1ccnc(NC(=O)C(Cc2ccccc2)n2cnnn2)c1. The number of pyridine rings is 1. The molecule has 1 amide bonds. The van der Waals surface area contributed by atoms with Crippen LogP contribution in [0.15, 0.2) is 55.0 Å². The Hall–Kier alpha value is -3.09. The summed E-state index contributed by atoms with van der Waals surface area (Å²) >= 11 is 0. The van der Waals surface area contributed by atoms with E-state index in [0.717, 1.165) is 11.1 Å². The molecule has 0 bridgehead atoms. The highest BCUT2D eigenvalue weighted by Crippen LogP contribution is 2.16. The molecule has 7 heteroatoms. The van der Waals surface area contributed by atoms with Gasteiger partial charge in [0.1, 0.15) is 18.2 Å². The molecule has 3 rings (SSSR count). The van der Waals surface area contributed by atoms with Gasteiger partial charge in [0.05, 0.1) is 0 Å². The maximum Gasteiger partial charge on any atom is 0.250 e. The molecule has 7 nitrogen and oxygen atoms in total. The number of aromatic nitrogens is 5. The molecule has 2 aromatic heterocycles. The summed E-state index contributed by atoms with van der Waals surface area (Å²) in [6.07, 6.45) is 3.59. The van der Waals surface area contributed by atoms with E-state index in [4.69, 9.17) is 0 Å². The second-order valence-electron chi connectivity index (χ2n) is 5.20. The lowest BCUT2D eigenvalue weighted by Crippen LogP contribution is -2.28. The van der Waals surface area contributed by atoms with Gasteiger partial charge in [0.2, 0.25) is 0 Å². The second kappa shape index (κ2) is 6.78. The molecule has 116 valence electrons. The highest BCUT2D eigenvalue weighted by atomic mass is 16.2. The lowest BCUT2D eigenvalue weighted by Gasteiger charge is -2.16. The van der Waals surface area contributed by atoms with Gasteiger partial charge < -0.3 is 5.32 Å². The number of aryl methyl sites for hydroxylation is 1. The third-order valence-electron chi connectivity index (χ3n) is 3.43. The number of hydrogen-bond donors (Lipinski definition) is 1. The zero-order chi connectivity index (χ0) is 16.1. The predicted octanol–water partition coefficient (Wildman–Crippen LogP) is 1.80. The molecule has 23 heavy (non-hydrogen) atoms. The molecular weight excluding hydrogens is 292 g/mol. The van der Waals surface area contributed by atoms with Crippen molar-refractivity contribution >= 4 is 11.7 Å². The van der Waals surface area contributed by atoms with Crippen LogP contribution in [0.3, 0.4) is 0 Å². The Morgan fingerprint density at radius 3 is 2.78 bits per heavy atom. The van der Waals surface area contributed by atoms with Gasteiger partial charge in [-0.15, -0.1) is 5.10 Å². The van der Waals surface area contributed by atoms with Crippen molar-refractivity contribution in [1.29, 1.82) is 0 Å². The smallest absolute Gasteiger partial charge is 0.250 e. The minimum absolute atomic E-state index is 0.209. The molecule has 0 aliphatic rings. The third kappa shape index (κ3) is 3.76. The Bertz CT molecular complexity index is 772. The van der Waals surface area contributed by atoms with E-state index in [2.05, 4.69) is 25.8 Å². The van der Waals surface area contributed by atoms with Crippen LogP contribution in [0.25, 0.3) is 0 Å². The van der Waals surface area contributed by atoms with E-state index in [1.54, 1.807) is 6.20 Å². The van der Waals surface area contributed by atoms with Gasteiger partial charge in [-0.3, -0.25) is 4.79 Å². The van der Waals surface area contributed by atoms with Gasteiger partial charge in [-0.2, -0.15) is 0 Å². The zero-order valence-corrected chi connectivity index (χ0v) is 12.6. The van der Waals surface area contributed by atoms with Crippen molar-refractivity contribution in [2.24, 2.45) is 0 Å². The van der Waals surface area contributed by atoms with E-state index >= 15 is 0 Å². The van der Waals surface area contributed by atoms with Crippen LogP contribution in [0.4, 0.5) is 5.82 Å². The Morgan fingerprint density at radius 1 is 1.26 bits per heavy atom. The minimum atomic E-state index is -0.547. The third-order valence-corrected chi connectivity index (χ3v) is 3.43. The Morgan fingerprint density at radius 2 is 2.09 bits per heavy atom. The molecule has 0 aliphatic heterocycles. The molecule has 0 saturated carbocycles. The van der Waals surface area contributed by atoms with Crippen molar-refractivity contribution in [3.63, 3.8) is 0 Å². The number of anilines is 1. The van der Waals surface area contributed by atoms with Gasteiger partial charge >= 0.3 is 0 Å². The molecule has 2 heterocycles. The summed E-state index contributed by atoms with van der Waals surface area (Å²) in [6.45, 7) is 1.94. The topological polar surface area (TPSA) is 85.6 Å². The summed E-state index contributed by atoms with van der Waals surface area (Å²) in [6, 6.07) is 12.9. The molecular formula is C16H16N6O. The van der Waals surface area contributed by atoms with Crippen LogP contribution in [-0.4, -0.2) is 31.1 Å². The lowest BCUT2D eigenvalue weighted by atomic mass is 10.1. The largest absolute Gasteiger partial charge is 0.309 e. The first-order valence-electron chi connectivity index (χ1n) is 7.22. The minimum Gasteiger partial charge on any atom is -0.309 e. The lowest BCUT2D eigenvalue weighted by molar-refractivity contribution is -0.119. The van der Waals surface area contributed by atoms with Crippen LogP contribution in [0, 0.1) is 6.92 Å². The standard InChI is InChI=1S/C16H16N6O/c1-12-7-8-17-15(9-12)19-16(23)14(22-11-18-20-21-22)10-13-5-3-2-4-6-13/h2-9,11,14H,10H2,1H3,(H,17,19,23). The van der Waals surface area contributed by atoms with Gasteiger partial charge in [0.15, 0.2) is 0 Å². The Balaban J connectivity index is 1.82. The number of rotatable bonds is 5. The van der Waals surface area contributed by atoms with Crippen molar-refractivity contribution in [3.05, 3.63) is 66.1 Å². The van der Waals surface area contributed by atoms with Crippen LogP contribution in [0.5, 0.6) is 0 Å². The number of tetrazole rings is 1. The summed E-state index contributed by atoms with van der Waals surface area (Å²) in [7, 11) is 0. The van der Waals surface area contributed by atoms with Crippen molar-refractivity contribution < 1.29 is 4.79 Å². The fourth-order valence-electron chi connectivity index (χ4n) is 2.27. The molecule has 0 fully saturated rings. The summed E-state index contributed by atoms with van der Waals surface area (Å²) in [5.41, 5.74) is 2.05. The molecule has 0 radical (unpaired) electrons. The van der Waals surface area contributed by atoms with E-state index < -0.39 is 6.04 Å². The van der Waals surface area contributed by atoms with Gasteiger partial charge in [-0.25, -0.2) is 9.67 Å². The van der Waals surface area contributed by atoms with Gasteiger partial charge in [-0.1, -0.05) is 30.3 Å². The van der Waals surface area contributed by atoms with Crippen molar-refractivity contribution in [1.82, 2.24) is 25.2 Å². The van der Waals surface area contributed by atoms with E-state index in [1.165, 1.54) is 11.0 Å². The van der Waals surface area contributed by atoms with Crippen LogP contribution in [0.2, 0.25) is 0 Å². The fraction of sp³-hybridized carbons (Fsp3) is 0.188. The molecule has 1 atom stereocenters. The first-order chi connectivity index (χ1) is 11.2. The highest BCUT2D eigenvalue weighted by Gasteiger charge is 2.22. The van der Waals surface area contributed by atoms with Crippen LogP contribution in [0.1, 0.15) is 17.2 Å². The summed E-state index contributed by atoms with van der Waals surface area (Å²) in [5, 5.41) is 13.9. The van der Waals surface area contributed by atoms with Crippen LogP contribution in [-0.2, 0) is 11.2 Å². The molecule has 0 spiro atoms. The molecule has 1 aromatic carbocycles. The number of nitrogens with zero attached hydrogens (tertiary/aromatic N) is 5. The highest BCUT2D eigenvalue weighted by molar-refractivity contribution is 5.93. The molecule has 1 unspecified atom stereocenters. The average Bonchev–Trinajstić information content (AvgIpc) is 3.07. The van der Waals surface area contributed by atoms with E-state index in [9.17, 15) is 4.79 Å². The first-order valence-corrected chi connectivity index (χ1v) is 7.22. The summed E-state index contributed by atoms with van der Waals surface area (Å²) < 4.78 is 1.46. The molecule has 3 aromatic rings. The van der Waals surface area contributed by atoms with Gasteiger partial charge in [0.25, 0.3) is 5.91 Å². The number of benzene rings is 1. The van der Waals surface area contributed by atoms with E-state index in [1.807, 2.05) is 49.4 Å². The van der Waals surface area contributed by atoms with Crippen LogP contribution >= 0.6 is 0 Å². The van der Waals surface area contributed by atoms with Crippen molar-refractivity contribution in [2.45, 2.75) is 19.4 Å². The number of hydrogen-bond acceptors (Lipinski definition) is 5. The quantitative estimate of drug-likeness (QED) is 0.776. The second-order valence-corrected chi connectivity index (χ2v) is 5.20. The fourth-order valence-corrected chi connectivity index (χ4v) is 2.27.